The molecule has 2 atom stereocenters. The van der Waals surface area contributed by atoms with Crippen molar-refractivity contribution in [1.29, 1.82) is 0 Å². The maximum atomic E-state index is 13.9. The van der Waals surface area contributed by atoms with E-state index in [1.54, 1.807) is 11.0 Å². The van der Waals surface area contributed by atoms with Crippen LogP contribution in [0.5, 0.6) is 0 Å². The summed E-state index contributed by atoms with van der Waals surface area (Å²) in [5, 5.41) is 0. The van der Waals surface area contributed by atoms with Gasteiger partial charge in [0.1, 0.15) is 12.4 Å². The second-order valence-corrected chi connectivity index (χ2v) is 8.09. The van der Waals surface area contributed by atoms with Gasteiger partial charge in [-0.2, -0.15) is 0 Å². The van der Waals surface area contributed by atoms with Gasteiger partial charge in [-0.3, -0.25) is 9.59 Å². The second-order valence-electron chi connectivity index (χ2n) is 8.09. The zero-order chi connectivity index (χ0) is 22.4. The van der Waals surface area contributed by atoms with Crippen LogP contribution in [0, 0.1) is 11.2 Å². The highest BCUT2D eigenvalue weighted by Gasteiger charge is 2.52. The van der Waals surface area contributed by atoms with Gasteiger partial charge in [0.2, 0.25) is 5.91 Å². The number of benzene rings is 2. The van der Waals surface area contributed by atoms with E-state index < -0.39 is 5.41 Å². The van der Waals surface area contributed by atoms with Crippen LogP contribution in [-0.4, -0.2) is 29.4 Å². The van der Waals surface area contributed by atoms with E-state index in [4.69, 9.17) is 10.5 Å². The molecule has 31 heavy (non-hydrogen) atoms. The Morgan fingerprint density at radius 2 is 1.81 bits per heavy atom. The normalized spacial score (nSPS) is 18.8. The van der Waals surface area contributed by atoms with E-state index in [2.05, 4.69) is 0 Å². The van der Waals surface area contributed by atoms with Crippen molar-refractivity contribution in [3.8, 4) is 0 Å². The molecule has 2 aromatic rings. The minimum Gasteiger partial charge on any atom is -0.460 e. The van der Waals surface area contributed by atoms with Crippen LogP contribution >= 0.6 is 0 Å². The fraction of sp³-hybridized carbons (Fsp3) is 0.440. The molecule has 166 valence electrons. The van der Waals surface area contributed by atoms with E-state index in [0.29, 0.717) is 25.7 Å². The Kier molecular flexibility index (Phi) is 7.44. The number of esters is 1. The van der Waals surface area contributed by atoms with Crippen molar-refractivity contribution in [2.24, 2.45) is 11.1 Å². The highest BCUT2D eigenvalue weighted by Crippen LogP contribution is 2.47. The smallest absolute Gasteiger partial charge is 0.314 e. The number of nitrogens with zero attached hydrogens (tertiary/aromatic N) is 1. The number of carbonyl (C=O) groups excluding carboxylic acids is 2. The zero-order valence-corrected chi connectivity index (χ0v) is 18.2. The molecule has 0 bridgehead atoms. The Hall–Kier alpha value is -2.73. The molecular weight excluding hydrogens is 395 g/mol. The summed E-state index contributed by atoms with van der Waals surface area (Å²) < 4.78 is 19.6. The van der Waals surface area contributed by atoms with Crippen molar-refractivity contribution in [3.63, 3.8) is 0 Å². The third kappa shape index (κ3) is 4.64. The van der Waals surface area contributed by atoms with Crippen LogP contribution < -0.4 is 5.73 Å². The summed E-state index contributed by atoms with van der Waals surface area (Å²) >= 11 is 0. The summed E-state index contributed by atoms with van der Waals surface area (Å²) in [5.41, 5.74) is 6.53. The number of halogens is 1. The van der Waals surface area contributed by atoms with Gasteiger partial charge in [0.15, 0.2) is 0 Å². The molecule has 1 amide bonds. The van der Waals surface area contributed by atoms with Crippen molar-refractivity contribution in [3.05, 3.63) is 71.5 Å². The first-order valence-corrected chi connectivity index (χ1v) is 10.9. The molecule has 1 aliphatic rings. The van der Waals surface area contributed by atoms with E-state index >= 15 is 0 Å². The molecule has 2 aromatic carbocycles. The molecule has 0 unspecified atom stereocenters. The second kappa shape index (κ2) is 10.1. The zero-order valence-electron chi connectivity index (χ0n) is 18.2. The van der Waals surface area contributed by atoms with E-state index in [0.717, 1.165) is 11.1 Å². The van der Waals surface area contributed by atoms with Gasteiger partial charge < -0.3 is 15.4 Å². The lowest BCUT2D eigenvalue weighted by Gasteiger charge is -2.42. The predicted octanol–water partition coefficient (Wildman–Crippen LogP) is 4.37. The fourth-order valence-corrected chi connectivity index (χ4v) is 4.86. The third-order valence-electron chi connectivity index (χ3n) is 6.60. The van der Waals surface area contributed by atoms with Crippen LogP contribution in [0.3, 0.4) is 0 Å². The molecule has 1 heterocycles. The Bertz CT molecular complexity index is 899. The molecule has 6 heteroatoms. The molecular formula is C25H31FN2O3. The van der Waals surface area contributed by atoms with Crippen molar-refractivity contribution in [2.45, 2.75) is 58.2 Å². The Morgan fingerprint density at radius 1 is 1.10 bits per heavy atom. The lowest BCUT2D eigenvalue weighted by Crippen LogP contribution is -2.53. The van der Waals surface area contributed by atoms with Gasteiger partial charge in [-0.15, -0.1) is 0 Å². The maximum absolute atomic E-state index is 13.9. The number of likely N-dealkylation sites (tertiary alicyclic amines) is 1. The molecule has 1 fully saturated rings. The first-order valence-electron chi connectivity index (χ1n) is 10.9. The quantitative estimate of drug-likeness (QED) is 0.637. The highest BCUT2D eigenvalue weighted by molar-refractivity contribution is 5.83. The largest absolute Gasteiger partial charge is 0.460 e. The molecule has 5 nitrogen and oxygen atoms in total. The predicted molar refractivity (Wildman–Crippen MR) is 117 cm³/mol. The fourth-order valence-electron chi connectivity index (χ4n) is 4.86. The highest BCUT2D eigenvalue weighted by atomic mass is 19.1. The van der Waals surface area contributed by atoms with E-state index in [1.165, 1.54) is 12.1 Å². The van der Waals surface area contributed by atoms with Gasteiger partial charge in [0, 0.05) is 6.04 Å². The van der Waals surface area contributed by atoms with E-state index in [9.17, 15) is 14.0 Å². The third-order valence-corrected chi connectivity index (χ3v) is 6.60. The molecule has 0 saturated carbocycles. The number of nitrogens with two attached hydrogens (primary N) is 1. The average Bonchev–Trinajstić information content (AvgIpc) is 3.24. The summed E-state index contributed by atoms with van der Waals surface area (Å²) in [6.07, 6.45) is 2.35. The average molecular weight is 427 g/mol. The minimum absolute atomic E-state index is 0.162. The maximum Gasteiger partial charge on any atom is 0.314 e. The van der Waals surface area contributed by atoms with Crippen molar-refractivity contribution in [1.82, 2.24) is 4.90 Å². The molecule has 3 rings (SSSR count). The summed E-state index contributed by atoms with van der Waals surface area (Å²) in [6.45, 7) is 3.93. The van der Waals surface area contributed by atoms with Gasteiger partial charge in [-0.25, -0.2) is 4.39 Å². The van der Waals surface area contributed by atoms with Gasteiger partial charge in [0.05, 0.1) is 18.0 Å². The Morgan fingerprint density at radius 3 is 2.42 bits per heavy atom. The van der Waals surface area contributed by atoms with Crippen molar-refractivity contribution >= 4 is 11.9 Å². The van der Waals surface area contributed by atoms with Crippen LogP contribution in [0.4, 0.5) is 4.39 Å². The molecule has 2 N–H and O–H groups in total. The van der Waals surface area contributed by atoms with Crippen LogP contribution in [0.25, 0.3) is 0 Å². The standard InChI is InChI=1S/C25H31FN2O3/c1-3-25(4-2,24(30)31-17-18-9-6-5-7-10-18)22-14-13-21(28(22)23(29)16-27)19-11-8-12-20(26)15-19/h5-12,15,21-22H,3-4,13-14,16-17,27H2,1-2H3/t21-,22+/m0/s1. The van der Waals surface area contributed by atoms with Crippen LogP contribution in [0.15, 0.2) is 54.6 Å². The molecule has 0 aliphatic carbocycles. The Balaban J connectivity index is 1.90. The number of rotatable bonds is 8. The molecule has 0 radical (unpaired) electrons. The minimum atomic E-state index is -0.846. The van der Waals surface area contributed by atoms with Gasteiger partial charge in [-0.1, -0.05) is 56.3 Å². The van der Waals surface area contributed by atoms with Crippen LogP contribution in [0.2, 0.25) is 0 Å². The number of hydrogen-bond donors (Lipinski definition) is 1. The lowest BCUT2D eigenvalue weighted by molar-refractivity contribution is -0.164. The number of carbonyl (C=O) groups is 2. The molecule has 1 aliphatic heterocycles. The molecule has 0 spiro atoms. The Labute approximate surface area is 183 Å². The van der Waals surface area contributed by atoms with Crippen molar-refractivity contribution in [2.75, 3.05) is 6.54 Å². The van der Waals surface area contributed by atoms with Crippen molar-refractivity contribution < 1.29 is 18.7 Å². The van der Waals surface area contributed by atoms with E-state index in [-0.39, 0.29) is 42.9 Å². The number of ether oxygens (including phenoxy) is 1. The monoisotopic (exact) mass is 426 g/mol. The van der Waals surface area contributed by atoms with Crippen LogP contribution in [-0.2, 0) is 20.9 Å². The van der Waals surface area contributed by atoms with Crippen LogP contribution in [0.1, 0.15) is 56.7 Å². The van der Waals surface area contributed by atoms with Gasteiger partial charge >= 0.3 is 5.97 Å². The molecule has 0 aromatic heterocycles. The van der Waals surface area contributed by atoms with Gasteiger partial charge in [0.25, 0.3) is 0 Å². The summed E-state index contributed by atoms with van der Waals surface area (Å²) in [4.78, 5) is 28.0. The topological polar surface area (TPSA) is 72.6 Å². The summed E-state index contributed by atoms with van der Waals surface area (Å²) in [5.74, 6) is -0.888. The molecule has 1 saturated heterocycles. The SMILES string of the molecule is CCC(CC)(C(=O)OCc1ccccc1)[C@H]1CC[C@@H](c2cccc(F)c2)N1C(=O)CN. The van der Waals surface area contributed by atoms with E-state index in [1.807, 2.05) is 50.2 Å². The summed E-state index contributed by atoms with van der Waals surface area (Å²) in [7, 11) is 0. The first-order chi connectivity index (χ1) is 15.0. The number of hydrogen-bond acceptors (Lipinski definition) is 4. The van der Waals surface area contributed by atoms with Gasteiger partial charge in [-0.05, 0) is 48.9 Å². The first kappa shape index (κ1) is 22.9. The number of amides is 1. The summed E-state index contributed by atoms with van der Waals surface area (Å²) in [6, 6.07) is 15.2. The lowest BCUT2D eigenvalue weighted by atomic mass is 9.74.